The van der Waals surface area contributed by atoms with Gasteiger partial charge >= 0.3 is 39.5 Å². The van der Waals surface area contributed by atoms with Crippen LogP contribution in [0.5, 0.6) is 0 Å². The molecule has 0 amide bonds. The minimum atomic E-state index is -4.94. The number of unbranched alkanes of at least 4 members (excludes halogenated alkanes) is 37. The van der Waals surface area contributed by atoms with Gasteiger partial charge in [0.25, 0.3) is 0 Å². The Hall–Kier alpha value is -1.94. The lowest BCUT2D eigenvalue weighted by Crippen LogP contribution is -2.30. The summed E-state index contributed by atoms with van der Waals surface area (Å²) >= 11 is 0. The standard InChI is InChI=1S/C66H128O17P2/c1-6-10-13-16-18-20-21-24-28-32-35-40-45-50-64(69)77-56-62(83-66(71)52-47-42-37-33-29-26-23-22-25-27-31-34-39-43-48-59(5)9-4)58-81-85(74,75)79-54-60(67)53-78-84(72,73)80-57-61(55-76-63(68)49-44-38-15-12-8-3)82-65(70)51-46-41-36-30-19-17-14-11-7-2/h59-62,67H,6-58H2,1-5H3,(H,72,73)(H,74,75)/t59?,60-,61+,62+/m0/s1. The van der Waals surface area contributed by atoms with Crippen LogP contribution in [0.2, 0.25) is 0 Å². The second kappa shape index (κ2) is 59.7. The fourth-order valence-electron chi connectivity index (χ4n) is 9.90. The number of ether oxygens (including phenoxy) is 4. The van der Waals surface area contributed by atoms with Crippen molar-refractivity contribution in [3.8, 4) is 0 Å². The summed E-state index contributed by atoms with van der Waals surface area (Å²) in [7, 11) is -9.88. The van der Waals surface area contributed by atoms with Crippen LogP contribution in [0.15, 0.2) is 0 Å². The molecule has 0 bridgehead atoms. The maximum atomic E-state index is 13.0. The van der Waals surface area contributed by atoms with Gasteiger partial charge in [-0.05, 0) is 31.6 Å². The minimum Gasteiger partial charge on any atom is -0.462 e. The van der Waals surface area contributed by atoms with E-state index in [0.29, 0.717) is 25.7 Å². The maximum absolute atomic E-state index is 13.0. The number of aliphatic hydroxyl groups is 1. The molecule has 3 N–H and O–H groups in total. The molecule has 0 fully saturated rings. The van der Waals surface area contributed by atoms with Crippen molar-refractivity contribution >= 4 is 39.5 Å². The fraction of sp³-hybridized carbons (Fsp3) is 0.939. The van der Waals surface area contributed by atoms with Crippen LogP contribution >= 0.6 is 15.6 Å². The molecular formula is C66H128O17P2. The molecule has 0 aromatic carbocycles. The Morgan fingerprint density at radius 1 is 0.329 bits per heavy atom. The Labute approximate surface area is 517 Å². The third-order valence-electron chi connectivity index (χ3n) is 15.6. The molecule has 504 valence electrons. The maximum Gasteiger partial charge on any atom is 0.472 e. The number of rotatable bonds is 66. The summed E-state index contributed by atoms with van der Waals surface area (Å²) in [4.78, 5) is 72.0. The van der Waals surface area contributed by atoms with Crippen LogP contribution in [0.3, 0.4) is 0 Å². The van der Waals surface area contributed by atoms with Gasteiger partial charge in [-0.15, -0.1) is 0 Å². The number of carbonyl (C=O) groups excluding carboxylic acids is 4. The molecule has 0 heterocycles. The van der Waals surface area contributed by atoms with Crippen molar-refractivity contribution in [1.29, 1.82) is 0 Å². The third kappa shape index (κ3) is 59.5. The van der Waals surface area contributed by atoms with Gasteiger partial charge in [-0.3, -0.25) is 37.3 Å². The van der Waals surface area contributed by atoms with E-state index in [2.05, 4.69) is 34.6 Å². The quantitative estimate of drug-likeness (QED) is 0.0222. The Morgan fingerprint density at radius 3 is 0.835 bits per heavy atom. The van der Waals surface area contributed by atoms with Crippen molar-refractivity contribution in [2.24, 2.45) is 5.92 Å². The number of hydrogen-bond acceptors (Lipinski definition) is 15. The van der Waals surface area contributed by atoms with E-state index >= 15 is 0 Å². The fourth-order valence-corrected chi connectivity index (χ4v) is 11.5. The molecule has 0 aliphatic heterocycles. The largest absolute Gasteiger partial charge is 0.472 e. The van der Waals surface area contributed by atoms with Crippen molar-refractivity contribution in [2.75, 3.05) is 39.6 Å². The average Bonchev–Trinajstić information content (AvgIpc) is 3.49. The van der Waals surface area contributed by atoms with Gasteiger partial charge in [-0.2, -0.15) is 0 Å². The van der Waals surface area contributed by atoms with Gasteiger partial charge in [0.05, 0.1) is 26.4 Å². The molecule has 0 aromatic rings. The monoisotopic (exact) mass is 1250 g/mol. The predicted octanol–water partition coefficient (Wildman–Crippen LogP) is 18.6. The smallest absolute Gasteiger partial charge is 0.462 e. The van der Waals surface area contributed by atoms with E-state index in [1.165, 1.54) is 154 Å². The van der Waals surface area contributed by atoms with Crippen LogP contribution in [0.4, 0.5) is 0 Å². The summed E-state index contributed by atoms with van der Waals surface area (Å²) in [6, 6.07) is 0. The number of aliphatic hydroxyl groups excluding tert-OH is 1. The van der Waals surface area contributed by atoms with Gasteiger partial charge in [-0.1, -0.05) is 285 Å². The first-order valence-electron chi connectivity index (χ1n) is 34.7. The summed E-state index contributed by atoms with van der Waals surface area (Å²) in [6.07, 6.45) is 44.7. The van der Waals surface area contributed by atoms with E-state index < -0.39 is 97.5 Å². The summed E-state index contributed by atoms with van der Waals surface area (Å²) in [5.74, 6) is -1.29. The molecule has 0 saturated heterocycles. The number of hydrogen-bond donors (Lipinski definition) is 3. The topological polar surface area (TPSA) is 237 Å². The summed E-state index contributed by atoms with van der Waals surface area (Å²) in [5.41, 5.74) is 0. The molecule has 19 heteroatoms. The van der Waals surface area contributed by atoms with Crippen LogP contribution in [-0.4, -0.2) is 96.7 Å². The molecule has 6 atom stereocenters. The lowest BCUT2D eigenvalue weighted by molar-refractivity contribution is -0.161. The molecular weight excluding hydrogens is 1130 g/mol. The highest BCUT2D eigenvalue weighted by Gasteiger charge is 2.30. The highest BCUT2D eigenvalue weighted by atomic mass is 31.2. The van der Waals surface area contributed by atoms with Crippen molar-refractivity contribution in [3.63, 3.8) is 0 Å². The van der Waals surface area contributed by atoms with E-state index in [1.807, 2.05) is 0 Å². The molecule has 17 nitrogen and oxygen atoms in total. The van der Waals surface area contributed by atoms with Crippen LogP contribution in [0.1, 0.15) is 336 Å². The molecule has 0 rings (SSSR count). The van der Waals surface area contributed by atoms with Crippen molar-refractivity contribution in [1.82, 2.24) is 0 Å². The van der Waals surface area contributed by atoms with Gasteiger partial charge in [0.15, 0.2) is 12.2 Å². The zero-order chi connectivity index (χ0) is 62.8. The highest BCUT2D eigenvalue weighted by Crippen LogP contribution is 2.45. The Kier molecular flexibility index (Phi) is 58.3. The first kappa shape index (κ1) is 83.1. The van der Waals surface area contributed by atoms with Gasteiger partial charge in [-0.25, -0.2) is 9.13 Å². The molecule has 3 unspecified atom stereocenters. The third-order valence-corrected chi connectivity index (χ3v) is 17.5. The van der Waals surface area contributed by atoms with E-state index in [0.717, 1.165) is 102 Å². The van der Waals surface area contributed by atoms with E-state index in [-0.39, 0.29) is 25.7 Å². The summed E-state index contributed by atoms with van der Waals surface area (Å²) < 4.78 is 67.9. The molecule has 0 aliphatic rings. The second-order valence-corrected chi connectivity index (χ2v) is 27.0. The number of phosphoric acid groups is 2. The second-order valence-electron chi connectivity index (χ2n) is 24.1. The van der Waals surface area contributed by atoms with Gasteiger partial charge in [0, 0.05) is 25.7 Å². The number of esters is 4. The zero-order valence-corrected chi connectivity index (χ0v) is 56.5. The van der Waals surface area contributed by atoms with E-state index in [9.17, 15) is 43.2 Å². The van der Waals surface area contributed by atoms with E-state index in [4.69, 9.17) is 37.0 Å². The average molecular weight is 1260 g/mol. The van der Waals surface area contributed by atoms with Crippen LogP contribution in [-0.2, 0) is 65.4 Å². The zero-order valence-electron chi connectivity index (χ0n) is 54.7. The lowest BCUT2D eigenvalue weighted by atomic mass is 9.99. The number of phosphoric ester groups is 2. The van der Waals surface area contributed by atoms with E-state index in [1.54, 1.807) is 0 Å². The van der Waals surface area contributed by atoms with Crippen LogP contribution in [0, 0.1) is 5.92 Å². The highest BCUT2D eigenvalue weighted by molar-refractivity contribution is 7.47. The van der Waals surface area contributed by atoms with Crippen molar-refractivity contribution in [3.05, 3.63) is 0 Å². The molecule has 0 aromatic heterocycles. The Bertz CT molecular complexity index is 1650. The Morgan fingerprint density at radius 2 is 0.565 bits per heavy atom. The van der Waals surface area contributed by atoms with Crippen LogP contribution < -0.4 is 0 Å². The first-order valence-corrected chi connectivity index (χ1v) is 37.7. The summed E-state index contributed by atoms with van der Waals surface area (Å²) in [6.45, 7) is 7.17. The molecule has 85 heavy (non-hydrogen) atoms. The normalized spacial score (nSPS) is 14.5. The SMILES string of the molecule is CCCCCCCCCCCCCCCC(=O)OC[C@H](COP(=O)(O)OC[C@@H](O)COP(=O)(O)OC[C@@H](COC(=O)CCCCCCC)OC(=O)CCCCCCCCCCC)OC(=O)CCCCCCCCCCCCCCCCC(C)CC. The van der Waals surface area contributed by atoms with Crippen LogP contribution in [0.25, 0.3) is 0 Å². The first-order chi connectivity index (χ1) is 41.1. The molecule has 0 aliphatic carbocycles. The van der Waals surface area contributed by atoms with Gasteiger partial charge in [0.1, 0.15) is 19.3 Å². The number of carbonyl (C=O) groups is 4. The lowest BCUT2D eigenvalue weighted by Gasteiger charge is -2.21. The van der Waals surface area contributed by atoms with Crippen molar-refractivity contribution in [2.45, 2.75) is 355 Å². The van der Waals surface area contributed by atoms with Gasteiger partial charge in [0.2, 0.25) is 0 Å². The summed E-state index contributed by atoms with van der Waals surface area (Å²) in [5, 5.41) is 10.5. The molecule has 0 saturated carbocycles. The molecule has 0 spiro atoms. The van der Waals surface area contributed by atoms with Gasteiger partial charge < -0.3 is 33.8 Å². The predicted molar refractivity (Wildman–Crippen MR) is 340 cm³/mol. The minimum absolute atomic E-state index is 0.105. The Balaban J connectivity index is 5.14. The molecule has 0 radical (unpaired) electrons. The van der Waals surface area contributed by atoms with Crippen molar-refractivity contribution < 1.29 is 80.2 Å².